The molecular weight excluding hydrogens is 424 g/mol. The summed E-state index contributed by atoms with van der Waals surface area (Å²) in [5.41, 5.74) is 6.33. The molecule has 28 heavy (non-hydrogen) atoms. The second-order valence-corrected chi connectivity index (χ2v) is 8.03. The summed E-state index contributed by atoms with van der Waals surface area (Å²) in [7, 11) is 0. The summed E-state index contributed by atoms with van der Waals surface area (Å²) >= 11 is 3.39. The molecule has 1 aromatic rings. The van der Waals surface area contributed by atoms with E-state index in [-0.39, 0.29) is 30.3 Å². The monoisotopic (exact) mass is 452 g/mol. The summed E-state index contributed by atoms with van der Waals surface area (Å²) in [6.45, 7) is 4.03. The van der Waals surface area contributed by atoms with Crippen molar-refractivity contribution in [2.75, 3.05) is 6.54 Å². The van der Waals surface area contributed by atoms with Crippen molar-refractivity contribution in [3.05, 3.63) is 34.3 Å². The molecule has 1 aliphatic heterocycles. The topological polar surface area (TPSA) is 105 Å². The number of nitrogens with one attached hydrogen (secondary N) is 2. The van der Waals surface area contributed by atoms with Gasteiger partial charge >= 0.3 is 0 Å². The molecule has 154 valence electrons. The van der Waals surface area contributed by atoms with Gasteiger partial charge in [0, 0.05) is 17.1 Å². The number of hydrogen-bond donors (Lipinski definition) is 3. The Balaban J connectivity index is 2.06. The van der Waals surface area contributed by atoms with Gasteiger partial charge in [-0.25, -0.2) is 0 Å². The molecule has 0 bridgehead atoms. The minimum Gasteiger partial charge on any atom is -0.350 e. The molecule has 1 unspecified atom stereocenters. The molecule has 0 spiro atoms. The number of hydrogen-bond acceptors (Lipinski definition) is 4. The molecule has 0 aromatic heterocycles. The first-order valence-electron chi connectivity index (χ1n) is 9.71. The highest BCUT2D eigenvalue weighted by Gasteiger charge is 2.40. The summed E-state index contributed by atoms with van der Waals surface area (Å²) in [6, 6.07) is 6.46. The third-order valence-electron chi connectivity index (χ3n) is 5.05. The maximum Gasteiger partial charge on any atom is 0.246 e. The first kappa shape index (κ1) is 22.4. The van der Waals surface area contributed by atoms with E-state index in [9.17, 15) is 14.4 Å². The fraction of sp³-hybridized carbons (Fsp3) is 0.550. The molecule has 3 atom stereocenters. The SMILES string of the molecule is CCC[C@@H]1CC[C@H](NC(=O)CN)C(=O)N1C(C)C(=O)NCc1ccc(Br)cc1. The van der Waals surface area contributed by atoms with Crippen molar-refractivity contribution in [1.82, 2.24) is 15.5 Å². The van der Waals surface area contributed by atoms with Crippen LogP contribution < -0.4 is 16.4 Å². The molecular formula is C20H29BrN4O3. The van der Waals surface area contributed by atoms with Crippen LogP contribution in [0.2, 0.25) is 0 Å². The lowest BCUT2D eigenvalue weighted by Gasteiger charge is -2.42. The van der Waals surface area contributed by atoms with Crippen LogP contribution in [-0.4, -0.2) is 47.3 Å². The highest BCUT2D eigenvalue weighted by Crippen LogP contribution is 2.25. The Labute approximate surface area is 174 Å². The first-order valence-corrected chi connectivity index (χ1v) is 10.5. The number of carbonyl (C=O) groups excluding carboxylic acids is 3. The summed E-state index contributed by atoms with van der Waals surface area (Å²) in [5, 5.41) is 5.59. The van der Waals surface area contributed by atoms with Crippen molar-refractivity contribution in [2.45, 2.75) is 64.2 Å². The Morgan fingerprint density at radius 2 is 1.96 bits per heavy atom. The number of benzene rings is 1. The molecule has 1 heterocycles. The fourth-order valence-corrected chi connectivity index (χ4v) is 3.82. The molecule has 1 aliphatic rings. The lowest BCUT2D eigenvalue weighted by molar-refractivity contribution is -0.149. The van der Waals surface area contributed by atoms with Crippen LogP contribution in [0.3, 0.4) is 0 Å². The minimum atomic E-state index is -0.620. The molecule has 0 aliphatic carbocycles. The highest BCUT2D eigenvalue weighted by atomic mass is 79.9. The van der Waals surface area contributed by atoms with E-state index < -0.39 is 12.1 Å². The summed E-state index contributed by atoms with van der Waals surface area (Å²) in [4.78, 5) is 39.0. The molecule has 1 aromatic carbocycles. The summed E-state index contributed by atoms with van der Waals surface area (Å²) < 4.78 is 0.975. The van der Waals surface area contributed by atoms with Crippen molar-refractivity contribution in [3.63, 3.8) is 0 Å². The summed E-state index contributed by atoms with van der Waals surface area (Å²) in [5.74, 6) is -0.777. The van der Waals surface area contributed by atoms with E-state index in [1.165, 1.54) is 0 Å². The van der Waals surface area contributed by atoms with Gasteiger partial charge < -0.3 is 21.3 Å². The Bertz CT molecular complexity index is 695. The quantitative estimate of drug-likeness (QED) is 0.557. The normalized spacial score (nSPS) is 20.6. The van der Waals surface area contributed by atoms with Gasteiger partial charge in [0.15, 0.2) is 0 Å². The Morgan fingerprint density at radius 3 is 2.57 bits per heavy atom. The van der Waals surface area contributed by atoms with E-state index in [2.05, 4.69) is 33.5 Å². The van der Waals surface area contributed by atoms with Crippen LogP contribution in [-0.2, 0) is 20.9 Å². The van der Waals surface area contributed by atoms with Gasteiger partial charge in [0.05, 0.1) is 6.54 Å². The number of carbonyl (C=O) groups is 3. The number of amides is 3. The average molecular weight is 453 g/mol. The molecule has 0 radical (unpaired) electrons. The van der Waals surface area contributed by atoms with Gasteiger partial charge in [-0.2, -0.15) is 0 Å². The van der Waals surface area contributed by atoms with Gasteiger partial charge in [-0.15, -0.1) is 0 Å². The molecule has 7 nitrogen and oxygen atoms in total. The van der Waals surface area contributed by atoms with E-state index in [0.29, 0.717) is 13.0 Å². The predicted octanol–water partition coefficient (Wildman–Crippen LogP) is 1.69. The largest absolute Gasteiger partial charge is 0.350 e. The van der Waals surface area contributed by atoms with Crippen molar-refractivity contribution in [2.24, 2.45) is 5.73 Å². The third kappa shape index (κ3) is 5.78. The number of likely N-dealkylation sites (tertiary alicyclic amines) is 1. The van der Waals surface area contributed by atoms with Crippen LogP contribution in [0.4, 0.5) is 0 Å². The standard InChI is InChI=1S/C20H29BrN4O3/c1-3-4-16-9-10-17(24-18(26)11-22)20(28)25(16)13(2)19(27)23-12-14-5-7-15(21)8-6-14/h5-8,13,16-17H,3-4,9-12,22H2,1-2H3,(H,23,27)(H,24,26)/t13?,16-,17+/m1/s1. The van der Waals surface area contributed by atoms with Crippen molar-refractivity contribution < 1.29 is 14.4 Å². The maximum atomic E-state index is 13.0. The summed E-state index contributed by atoms with van der Waals surface area (Å²) in [6.07, 6.45) is 3.06. The molecule has 1 saturated heterocycles. The molecule has 1 fully saturated rings. The molecule has 3 amide bonds. The zero-order valence-electron chi connectivity index (χ0n) is 16.4. The Morgan fingerprint density at radius 1 is 1.29 bits per heavy atom. The smallest absolute Gasteiger partial charge is 0.246 e. The van der Waals surface area contributed by atoms with Crippen LogP contribution in [0.15, 0.2) is 28.7 Å². The van der Waals surface area contributed by atoms with Crippen LogP contribution in [0.25, 0.3) is 0 Å². The zero-order chi connectivity index (χ0) is 20.7. The second-order valence-electron chi connectivity index (χ2n) is 7.11. The molecule has 0 saturated carbocycles. The molecule has 4 N–H and O–H groups in total. The fourth-order valence-electron chi connectivity index (χ4n) is 3.56. The number of nitrogens with zero attached hydrogens (tertiary/aromatic N) is 1. The second kappa shape index (κ2) is 10.6. The van der Waals surface area contributed by atoms with E-state index in [4.69, 9.17) is 5.73 Å². The predicted molar refractivity (Wildman–Crippen MR) is 111 cm³/mol. The third-order valence-corrected chi connectivity index (χ3v) is 5.58. The number of nitrogens with two attached hydrogens (primary N) is 1. The van der Waals surface area contributed by atoms with Crippen LogP contribution in [0.5, 0.6) is 0 Å². The van der Waals surface area contributed by atoms with Gasteiger partial charge in [0.2, 0.25) is 17.7 Å². The van der Waals surface area contributed by atoms with Crippen LogP contribution >= 0.6 is 15.9 Å². The van der Waals surface area contributed by atoms with E-state index in [1.54, 1.807) is 11.8 Å². The number of piperidine rings is 1. The Kier molecular flexibility index (Phi) is 8.44. The van der Waals surface area contributed by atoms with E-state index in [1.807, 2.05) is 24.3 Å². The number of rotatable bonds is 8. The zero-order valence-corrected chi connectivity index (χ0v) is 18.0. The number of halogens is 1. The van der Waals surface area contributed by atoms with Crippen LogP contribution in [0.1, 0.15) is 45.1 Å². The molecule has 2 rings (SSSR count). The van der Waals surface area contributed by atoms with Crippen molar-refractivity contribution >= 4 is 33.7 Å². The van der Waals surface area contributed by atoms with Crippen LogP contribution in [0, 0.1) is 0 Å². The van der Waals surface area contributed by atoms with E-state index in [0.717, 1.165) is 29.3 Å². The van der Waals surface area contributed by atoms with Crippen molar-refractivity contribution in [3.8, 4) is 0 Å². The average Bonchev–Trinajstić information content (AvgIpc) is 2.69. The van der Waals surface area contributed by atoms with Gasteiger partial charge in [-0.05, 0) is 43.9 Å². The van der Waals surface area contributed by atoms with Gasteiger partial charge in [-0.3, -0.25) is 14.4 Å². The first-order chi connectivity index (χ1) is 13.4. The van der Waals surface area contributed by atoms with Gasteiger partial charge in [-0.1, -0.05) is 41.4 Å². The lowest BCUT2D eigenvalue weighted by atomic mass is 9.92. The van der Waals surface area contributed by atoms with Gasteiger partial charge in [0.1, 0.15) is 12.1 Å². The Hall–Kier alpha value is -1.93. The van der Waals surface area contributed by atoms with E-state index >= 15 is 0 Å². The molecule has 8 heteroatoms. The van der Waals surface area contributed by atoms with Gasteiger partial charge in [0.25, 0.3) is 0 Å². The highest BCUT2D eigenvalue weighted by molar-refractivity contribution is 9.10. The minimum absolute atomic E-state index is 0.00282. The van der Waals surface area contributed by atoms with Crippen molar-refractivity contribution in [1.29, 1.82) is 0 Å². The lowest BCUT2D eigenvalue weighted by Crippen LogP contribution is -2.61. The maximum absolute atomic E-state index is 13.0.